The van der Waals surface area contributed by atoms with Crippen molar-refractivity contribution in [1.82, 2.24) is 0 Å². The molecule has 1 heterocycles. The highest BCUT2D eigenvalue weighted by atomic mass is 19.4. The number of anilines is 2. The number of fused-ring (bicyclic) bond motifs is 1. The Hall–Kier alpha value is -1.90. The second kappa shape index (κ2) is 4.89. The summed E-state index contributed by atoms with van der Waals surface area (Å²) in [6, 6.07) is -0.00510. The molecule has 1 aromatic rings. The van der Waals surface area contributed by atoms with Crippen molar-refractivity contribution in [3.63, 3.8) is 0 Å². The van der Waals surface area contributed by atoms with E-state index in [1.165, 1.54) is 0 Å². The lowest BCUT2D eigenvalue weighted by Gasteiger charge is -2.25. The van der Waals surface area contributed by atoms with Gasteiger partial charge in [-0.3, -0.25) is 9.69 Å². The van der Waals surface area contributed by atoms with Gasteiger partial charge in [0.25, 0.3) is 0 Å². The Labute approximate surface area is 110 Å². The first kappa shape index (κ1) is 14.5. The van der Waals surface area contributed by atoms with Crippen molar-refractivity contribution < 1.29 is 26.7 Å². The molecule has 20 heavy (non-hydrogen) atoms. The topological polar surface area (TPSA) is 58.4 Å². The SMILES string of the molecule is NC1CNc2cc(F)c(F)cc2N(CC(F)(F)F)C1=O. The number of rotatable bonds is 1. The van der Waals surface area contributed by atoms with Gasteiger partial charge in [-0.15, -0.1) is 0 Å². The van der Waals surface area contributed by atoms with Crippen molar-refractivity contribution in [1.29, 1.82) is 0 Å². The van der Waals surface area contributed by atoms with Gasteiger partial charge in [0.05, 0.1) is 11.4 Å². The van der Waals surface area contributed by atoms with Gasteiger partial charge in [-0.05, 0) is 0 Å². The normalized spacial score (nSPS) is 19.4. The monoisotopic (exact) mass is 295 g/mol. The van der Waals surface area contributed by atoms with Crippen LogP contribution < -0.4 is 16.0 Å². The third kappa shape index (κ3) is 2.82. The van der Waals surface area contributed by atoms with Crippen molar-refractivity contribution in [2.45, 2.75) is 12.2 Å². The maximum atomic E-state index is 13.2. The van der Waals surface area contributed by atoms with Gasteiger partial charge in [0.15, 0.2) is 11.6 Å². The molecule has 0 saturated heterocycles. The zero-order valence-corrected chi connectivity index (χ0v) is 9.97. The van der Waals surface area contributed by atoms with E-state index in [0.717, 1.165) is 0 Å². The van der Waals surface area contributed by atoms with Crippen LogP contribution in [0.1, 0.15) is 0 Å². The van der Waals surface area contributed by atoms with E-state index in [1.807, 2.05) is 0 Å². The Bertz CT molecular complexity index is 546. The molecule has 1 aliphatic rings. The first-order chi connectivity index (χ1) is 9.19. The van der Waals surface area contributed by atoms with Gasteiger partial charge in [0, 0.05) is 18.7 Å². The van der Waals surface area contributed by atoms with Gasteiger partial charge < -0.3 is 11.1 Å². The number of hydrogen-bond donors (Lipinski definition) is 2. The number of amides is 1. The van der Waals surface area contributed by atoms with Gasteiger partial charge >= 0.3 is 6.18 Å². The standard InChI is InChI=1S/C11H10F5N3O/c12-5-1-8-9(2-6(5)13)19(4-11(14,15)16)10(20)7(17)3-18-8/h1-2,7,18H,3-4,17H2. The Balaban J connectivity index is 2.52. The summed E-state index contributed by atoms with van der Waals surface area (Å²) in [4.78, 5) is 12.1. The summed E-state index contributed by atoms with van der Waals surface area (Å²) in [5.74, 6) is -3.59. The Morgan fingerprint density at radius 3 is 2.50 bits per heavy atom. The van der Waals surface area contributed by atoms with Crippen LogP contribution in [0, 0.1) is 11.6 Å². The molecule has 0 bridgehead atoms. The van der Waals surface area contributed by atoms with Crippen LogP contribution in [-0.4, -0.2) is 31.2 Å². The molecule has 0 radical (unpaired) electrons. The number of carbonyl (C=O) groups excluding carboxylic acids is 1. The molecule has 0 aromatic heterocycles. The number of nitrogens with one attached hydrogen (secondary N) is 1. The summed E-state index contributed by atoms with van der Waals surface area (Å²) in [6.07, 6.45) is -4.69. The summed E-state index contributed by atoms with van der Waals surface area (Å²) in [5.41, 5.74) is 4.93. The average molecular weight is 295 g/mol. The predicted octanol–water partition coefficient (Wildman–Crippen LogP) is 1.61. The minimum atomic E-state index is -4.69. The quantitative estimate of drug-likeness (QED) is 0.774. The molecular weight excluding hydrogens is 285 g/mol. The van der Waals surface area contributed by atoms with Crippen LogP contribution in [0.2, 0.25) is 0 Å². The molecule has 1 atom stereocenters. The van der Waals surface area contributed by atoms with Crippen LogP contribution >= 0.6 is 0 Å². The van der Waals surface area contributed by atoms with Crippen molar-refractivity contribution in [2.75, 3.05) is 23.3 Å². The molecule has 1 unspecified atom stereocenters. The van der Waals surface area contributed by atoms with Crippen LogP contribution in [0.25, 0.3) is 0 Å². The third-order valence-electron chi connectivity index (χ3n) is 2.76. The molecule has 110 valence electrons. The number of alkyl halides is 3. The molecule has 4 nitrogen and oxygen atoms in total. The smallest absolute Gasteiger partial charge is 0.381 e. The minimum Gasteiger partial charge on any atom is -0.381 e. The van der Waals surface area contributed by atoms with E-state index >= 15 is 0 Å². The lowest BCUT2D eigenvalue weighted by atomic mass is 10.2. The number of hydrogen-bond acceptors (Lipinski definition) is 3. The van der Waals surface area contributed by atoms with E-state index in [-0.39, 0.29) is 17.9 Å². The van der Waals surface area contributed by atoms with Gasteiger partial charge in [-0.2, -0.15) is 13.2 Å². The maximum Gasteiger partial charge on any atom is 0.406 e. The molecule has 0 spiro atoms. The van der Waals surface area contributed by atoms with Crippen molar-refractivity contribution in [2.24, 2.45) is 5.73 Å². The molecule has 0 fully saturated rings. The Morgan fingerprint density at radius 2 is 1.90 bits per heavy atom. The maximum absolute atomic E-state index is 13.2. The van der Waals surface area contributed by atoms with Crippen LogP contribution in [0.4, 0.5) is 33.3 Å². The molecule has 1 amide bonds. The number of halogens is 5. The summed E-state index contributed by atoms with van der Waals surface area (Å²) in [7, 11) is 0. The van der Waals surface area contributed by atoms with Gasteiger partial charge in [-0.1, -0.05) is 0 Å². The largest absolute Gasteiger partial charge is 0.406 e. The van der Waals surface area contributed by atoms with Crippen LogP contribution in [0.5, 0.6) is 0 Å². The number of benzene rings is 1. The molecule has 3 N–H and O–H groups in total. The molecule has 9 heteroatoms. The van der Waals surface area contributed by atoms with Crippen molar-refractivity contribution in [3.8, 4) is 0 Å². The minimum absolute atomic E-state index is 0.116. The number of carbonyl (C=O) groups is 1. The lowest BCUT2D eigenvalue weighted by Crippen LogP contribution is -2.48. The first-order valence-corrected chi connectivity index (χ1v) is 5.55. The van der Waals surface area contributed by atoms with Crippen LogP contribution in [0.15, 0.2) is 12.1 Å². The predicted molar refractivity (Wildman–Crippen MR) is 61.2 cm³/mol. The first-order valence-electron chi connectivity index (χ1n) is 5.55. The van der Waals surface area contributed by atoms with E-state index in [9.17, 15) is 26.7 Å². The summed E-state index contributed by atoms with van der Waals surface area (Å²) in [6.45, 7) is -1.80. The number of nitrogens with zero attached hydrogens (tertiary/aromatic N) is 1. The van der Waals surface area contributed by atoms with E-state index in [2.05, 4.69) is 5.32 Å². The van der Waals surface area contributed by atoms with E-state index in [0.29, 0.717) is 17.0 Å². The van der Waals surface area contributed by atoms with E-state index < -0.39 is 36.3 Å². The van der Waals surface area contributed by atoms with E-state index in [4.69, 9.17) is 5.73 Å². The molecule has 0 aliphatic carbocycles. The second-order valence-corrected chi connectivity index (χ2v) is 4.31. The van der Waals surface area contributed by atoms with Gasteiger partial charge in [0.1, 0.15) is 12.6 Å². The van der Waals surface area contributed by atoms with Crippen molar-refractivity contribution in [3.05, 3.63) is 23.8 Å². The highest BCUT2D eigenvalue weighted by Crippen LogP contribution is 2.33. The van der Waals surface area contributed by atoms with Crippen molar-refractivity contribution >= 4 is 17.3 Å². The molecule has 1 aromatic carbocycles. The zero-order valence-electron chi connectivity index (χ0n) is 9.97. The fraction of sp³-hybridized carbons (Fsp3) is 0.364. The fourth-order valence-corrected chi connectivity index (χ4v) is 1.87. The summed E-state index contributed by atoms with van der Waals surface area (Å²) in [5, 5.41) is 2.53. The van der Waals surface area contributed by atoms with Gasteiger partial charge in [-0.25, -0.2) is 8.78 Å². The summed E-state index contributed by atoms with van der Waals surface area (Å²) >= 11 is 0. The van der Waals surface area contributed by atoms with E-state index in [1.54, 1.807) is 0 Å². The highest BCUT2D eigenvalue weighted by molar-refractivity contribution is 6.01. The highest BCUT2D eigenvalue weighted by Gasteiger charge is 2.38. The number of nitrogens with two attached hydrogens (primary N) is 1. The Kier molecular flexibility index (Phi) is 3.55. The second-order valence-electron chi connectivity index (χ2n) is 4.31. The van der Waals surface area contributed by atoms with Gasteiger partial charge in [0.2, 0.25) is 5.91 Å². The molecule has 1 aliphatic heterocycles. The lowest BCUT2D eigenvalue weighted by molar-refractivity contribution is -0.132. The third-order valence-corrected chi connectivity index (χ3v) is 2.76. The Morgan fingerprint density at radius 1 is 1.30 bits per heavy atom. The van der Waals surface area contributed by atoms with Crippen LogP contribution in [-0.2, 0) is 4.79 Å². The summed E-state index contributed by atoms with van der Waals surface area (Å²) < 4.78 is 63.9. The zero-order chi connectivity index (χ0) is 15.1. The van der Waals surface area contributed by atoms with Crippen LogP contribution in [0.3, 0.4) is 0 Å². The fourth-order valence-electron chi connectivity index (χ4n) is 1.87. The molecular formula is C11H10F5N3O. The average Bonchev–Trinajstić information content (AvgIpc) is 2.43. The molecule has 2 rings (SSSR count). The molecule has 0 saturated carbocycles.